The van der Waals surface area contributed by atoms with Gasteiger partial charge in [-0.25, -0.2) is 4.79 Å². The van der Waals surface area contributed by atoms with Crippen molar-refractivity contribution < 1.29 is 27.3 Å². The maximum absolute atomic E-state index is 13.1. The van der Waals surface area contributed by atoms with E-state index in [0.29, 0.717) is 0 Å². The number of rotatable bonds is 4. The van der Waals surface area contributed by atoms with E-state index in [2.05, 4.69) is 55.4 Å². The number of amides is 1. The van der Waals surface area contributed by atoms with Gasteiger partial charge in [-0.2, -0.15) is 0 Å². The number of nitrogens with zero attached hydrogens (tertiary/aromatic N) is 1. The predicted molar refractivity (Wildman–Crippen MR) is 126 cm³/mol. The molecule has 0 saturated carbocycles. The van der Waals surface area contributed by atoms with Crippen LogP contribution >= 0.6 is 0 Å². The van der Waals surface area contributed by atoms with Crippen LogP contribution in [0.15, 0.2) is 0 Å². The largest absolute Gasteiger partial charge is 0.444 e. The molecule has 2 saturated heterocycles. The Balaban J connectivity index is 2.56. The van der Waals surface area contributed by atoms with E-state index in [1.54, 1.807) is 0 Å². The zero-order valence-electron chi connectivity index (χ0n) is 21.3. The number of ether oxygens (including phenoxy) is 1. The number of likely N-dealkylation sites (tertiary alicyclic amines) is 1. The number of hydrogen-bond donors (Lipinski definition) is 0. The highest BCUT2D eigenvalue weighted by atomic mass is 28.5. The maximum Gasteiger partial charge on any atom is 0.411 e. The summed E-state index contributed by atoms with van der Waals surface area (Å²) in [7, 11) is -5.61. The second-order valence-corrected chi connectivity index (χ2v) is 20.0. The molecule has 180 valence electrons. The minimum atomic E-state index is -2.88. The molecule has 7 nitrogen and oxygen atoms in total. The molecule has 0 radical (unpaired) electrons. The van der Waals surface area contributed by atoms with Crippen LogP contribution in [0.2, 0.25) is 22.2 Å². The van der Waals surface area contributed by atoms with Crippen LogP contribution in [0.4, 0.5) is 4.79 Å². The summed E-state index contributed by atoms with van der Waals surface area (Å²) in [5.41, 5.74) is 0.00588. The minimum absolute atomic E-state index is 0.0216. The van der Waals surface area contributed by atoms with E-state index in [1.807, 2.05) is 20.8 Å². The SMILES string of the molecule is CC(C)[Si]1(C(C)C)OC[C@@H]2[C@@H](O[Si](C(C)C)(C(C)C)O1)C(=O)CN2C(=O)OC(C)(C)C. The lowest BCUT2D eigenvalue weighted by Crippen LogP contribution is -2.66. The van der Waals surface area contributed by atoms with E-state index in [-0.39, 0.29) is 41.1 Å². The molecule has 31 heavy (non-hydrogen) atoms. The van der Waals surface area contributed by atoms with E-state index < -0.39 is 41.0 Å². The van der Waals surface area contributed by atoms with Crippen LogP contribution in [-0.2, 0) is 22.5 Å². The van der Waals surface area contributed by atoms with Crippen LogP contribution in [0.25, 0.3) is 0 Å². The summed E-state index contributed by atoms with van der Waals surface area (Å²) in [6.07, 6.45) is -1.24. The van der Waals surface area contributed by atoms with E-state index in [1.165, 1.54) is 4.90 Å². The number of hydrogen-bond acceptors (Lipinski definition) is 6. The Labute approximate surface area is 190 Å². The lowest BCUT2D eigenvalue weighted by atomic mass is 10.2. The molecule has 2 aliphatic rings. The summed E-state index contributed by atoms with van der Waals surface area (Å²) >= 11 is 0. The minimum Gasteiger partial charge on any atom is -0.444 e. The van der Waals surface area contributed by atoms with Crippen molar-refractivity contribution in [2.24, 2.45) is 0 Å². The van der Waals surface area contributed by atoms with Crippen molar-refractivity contribution in [3.63, 3.8) is 0 Å². The number of carbonyl (C=O) groups is 2. The van der Waals surface area contributed by atoms with E-state index in [4.69, 9.17) is 17.7 Å². The Morgan fingerprint density at radius 1 is 0.968 bits per heavy atom. The van der Waals surface area contributed by atoms with Gasteiger partial charge < -0.3 is 17.7 Å². The molecular formula is C22H43NO6Si2. The standard InChI is InChI=1S/C22H43NO6Si2/c1-14(2)30(15(3)4)26-13-18-20(28-31(29-30,16(5)6)17(7)8)19(24)12-23(18)21(25)27-22(9,10)11/h14-18,20H,12-13H2,1-11H3/t18-,20-/m1/s1. The smallest absolute Gasteiger partial charge is 0.411 e. The molecule has 0 aromatic carbocycles. The van der Waals surface area contributed by atoms with Gasteiger partial charge in [0.15, 0.2) is 5.78 Å². The van der Waals surface area contributed by atoms with Crippen LogP contribution < -0.4 is 0 Å². The quantitative estimate of drug-likeness (QED) is 0.527. The first kappa shape index (κ1) is 26.5. The number of carbonyl (C=O) groups excluding carboxylic acids is 2. The van der Waals surface area contributed by atoms with Crippen molar-refractivity contribution in [3.8, 4) is 0 Å². The number of Topliss-reactive ketones (excluding diaryl/α,β-unsaturated/α-hetero) is 1. The molecule has 2 atom stereocenters. The molecule has 0 spiro atoms. The molecule has 2 aliphatic heterocycles. The van der Waals surface area contributed by atoms with Crippen LogP contribution in [0.1, 0.15) is 76.2 Å². The molecule has 1 amide bonds. The van der Waals surface area contributed by atoms with Gasteiger partial charge >= 0.3 is 23.2 Å². The van der Waals surface area contributed by atoms with Crippen molar-refractivity contribution in [3.05, 3.63) is 0 Å². The monoisotopic (exact) mass is 473 g/mol. The fourth-order valence-electron chi connectivity index (χ4n) is 4.72. The van der Waals surface area contributed by atoms with Gasteiger partial charge in [0.25, 0.3) is 0 Å². The van der Waals surface area contributed by atoms with E-state index in [0.717, 1.165) is 0 Å². The molecule has 0 aromatic rings. The van der Waals surface area contributed by atoms with Gasteiger partial charge in [-0.15, -0.1) is 0 Å². The molecule has 0 bridgehead atoms. The summed E-state index contributed by atoms with van der Waals surface area (Å²) in [5, 5.41) is 0. The van der Waals surface area contributed by atoms with Crippen molar-refractivity contribution in [2.75, 3.05) is 13.2 Å². The van der Waals surface area contributed by atoms with Crippen LogP contribution in [0.3, 0.4) is 0 Å². The number of ketones is 1. The topological polar surface area (TPSA) is 74.3 Å². The average Bonchev–Trinajstić information content (AvgIpc) is 2.87. The first-order chi connectivity index (χ1) is 14.1. The van der Waals surface area contributed by atoms with Crippen molar-refractivity contribution in [2.45, 2.75) is 116 Å². The summed E-state index contributed by atoms with van der Waals surface area (Å²) < 4.78 is 26.2. The summed E-state index contributed by atoms with van der Waals surface area (Å²) in [6, 6.07) is -0.500. The third-order valence-corrected chi connectivity index (χ3v) is 16.6. The zero-order chi connectivity index (χ0) is 23.9. The summed E-state index contributed by atoms with van der Waals surface area (Å²) in [4.78, 5) is 27.5. The van der Waals surface area contributed by atoms with Gasteiger partial charge in [0.05, 0.1) is 19.2 Å². The van der Waals surface area contributed by atoms with Crippen molar-refractivity contribution in [1.82, 2.24) is 4.90 Å². The highest BCUT2D eigenvalue weighted by molar-refractivity contribution is 6.84. The fraction of sp³-hybridized carbons (Fsp3) is 0.909. The Hall–Kier alpha value is -0.746. The molecule has 9 heteroatoms. The number of fused-ring (bicyclic) bond motifs is 1. The third kappa shape index (κ3) is 5.10. The Morgan fingerprint density at radius 3 is 1.87 bits per heavy atom. The first-order valence-corrected chi connectivity index (χ1v) is 15.6. The first-order valence-electron chi connectivity index (χ1n) is 11.6. The van der Waals surface area contributed by atoms with Crippen molar-refractivity contribution in [1.29, 1.82) is 0 Å². The molecule has 2 fully saturated rings. The van der Waals surface area contributed by atoms with Crippen LogP contribution in [0.5, 0.6) is 0 Å². The lowest BCUT2D eigenvalue weighted by Gasteiger charge is -2.51. The maximum atomic E-state index is 13.1. The van der Waals surface area contributed by atoms with Gasteiger partial charge in [-0.3, -0.25) is 9.69 Å². The third-order valence-electron chi connectivity index (χ3n) is 6.35. The van der Waals surface area contributed by atoms with E-state index in [9.17, 15) is 9.59 Å². The summed E-state index contributed by atoms with van der Waals surface area (Å²) in [5.74, 6) is -0.107. The van der Waals surface area contributed by atoms with Gasteiger partial charge in [-0.05, 0) is 42.9 Å². The normalized spacial score (nSPS) is 26.4. The molecular weight excluding hydrogens is 430 g/mol. The second kappa shape index (κ2) is 9.25. The molecule has 0 unspecified atom stereocenters. The lowest BCUT2D eigenvalue weighted by molar-refractivity contribution is -0.124. The van der Waals surface area contributed by atoms with Gasteiger partial charge in [0.2, 0.25) is 0 Å². The van der Waals surface area contributed by atoms with E-state index >= 15 is 0 Å². The Morgan fingerprint density at radius 2 is 1.45 bits per heavy atom. The highest BCUT2D eigenvalue weighted by Crippen LogP contribution is 2.47. The molecule has 2 heterocycles. The van der Waals surface area contributed by atoms with Gasteiger partial charge in [0, 0.05) is 0 Å². The van der Waals surface area contributed by atoms with Crippen molar-refractivity contribution >= 4 is 29.0 Å². The molecule has 2 rings (SSSR count). The predicted octanol–water partition coefficient (Wildman–Crippen LogP) is 5.13. The average molecular weight is 474 g/mol. The van der Waals surface area contributed by atoms with Gasteiger partial charge in [-0.1, -0.05) is 55.4 Å². The molecule has 0 aromatic heterocycles. The second-order valence-electron chi connectivity index (χ2n) is 11.2. The molecule has 0 aliphatic carbocycles. The van der Waals surface area contributed by atoms with Crippen LogP contribution in [0, 0.1) is 0 Å². The molecule has 0 N–H and O–H groups in total. The Kier molecular flexibility index (Phi) is 7.91. The Bertz CT molecular complexity index is 657. The summed E-state index contributed by atoms with van der Waals surface area (Å²) in [6.45, 7) is 22.7. The van der Waals surface area contributed by atoms with Gasteiger partial charge in [0.1, 0.15) is 11.7 Å². The van der Waals surface area contributed by atoms with Crippen LogP contribution in [-0.4, -0.2) is 64.8 Å². The fourth-order valence-corrected chi connectivity index (χ4v) is 15.9. The zero-order valence-corrected chi connectivity index (χ0v) is 23.3. The highest BCUT2D eigenvalue weighted by Gasteiger charge is 2.61.